The van der Waals surface area contributed by atoms with E-state index < -0.39 is 24.8 Å². The molecule has 0 aromatic heterocycles. The number of hydrogen-bond donors (Lipinski definition) is 2. The topological polar surface area (TPSA) is 68.2 Å². The third-order valence-corrected chi connectivity index (χ3v) is 1.69. The van der Waals surface area contributed by atoms with E-state index in [2.05, 4.69) is 4.74 Å². The Morgan fingerprint density at radius 2 is 1.50 bits per heavy atom. The largest absolute Gasteiger partial charge is 0.366 e. The highest BCUT2D eigenvalue weighted by molar-refractivity contribution is 4.85. The van der Waals surface area contributed by atoms with E-state index in [-0.39, 0.29) is 6.79 Å². The van der Waals surface area contributed by atoms with Gasteiger partial charge >= 0.3 is 0 Å². The van der Waals surface area contributed by atoms with Crippen LogP contribution in [0, 0.1) is 0 Å². The Morgan fingerprint density at radius 1 is 1.00 bits per heavy atom. The summed E-state index contributed by atoms with van der Waals surface area (Å²) in [4.78, 5) is 0. The summed E-state index contributed by atoms with van der Waals surface area (Å²) in [6.07, 6.45) is -3.14. The highest BCUT2D eigenvalue weighted by atomic mass is 16.8. The van der Waals surface area contributed by atoms with Gasteiger partial charge in [-0.2, -0.15) is 0 Å². The molecule has 4 atom stereocenters. The van der Waals surface area contributed by atoms with Crippen LogP contribution in [-0.2, 0) is 14.2 Å². The number of fused-ring (bicyclic) bond motifs is 1. The molecule has 2 fully saturated rings. The smallest absolute Gasteiger partial charge is 0.187 e. The number of aliphatic hydroxyl groups excluding tert-OH is 2. The van der Waals surface area contributed by atoms with Gasteiger partial charge in [-0.15, -0.1) is 0 Å². The summed E-state index contributed by atoms with van der Waals surface area (Å²) in [5, 5.41) is 18.0. The fourth-order valence-electron chi connectivity index (χ4n) is 1.17. The highest BCUT2D eigenvalue weighted by Gasteiger charge is 2.48. The molecule has 0 bridgehead atoms. The van der Waals surface area contributed by atoms with Gasteiger partial charge in [-0.1, -0.05) is 0 Å². The van der Waals surface area contributed by atoms with Gasteiger partial charge in [0.2, 0.25) is 0 Å². The molecule has 0 amide bonds. The molecule has 0 radical (unpaired) electrons. The van der Waals surface area contributed by atoms with Crippen molar-refractivity contribution in [2.45, 2.75) is 24.8 Å². The highest BCUT2D eigenvalue weighted by Crippen LogP contribution is 2.27. The van der Waals surface area contributed by atoms with Crippen molar-refractivity contribution in [3.63, 3.8) is 0 Å². The number of ether oxygens (including phenoxy) is 3. The SMILES string of the molecule is OC1OC(O)C2OCOC12. The van der Waals surface area contributed by atoms with Gasteiger partial charge in [0.1, 0.15) is 19.0 Å². The van der Waals surface area contributed by atoms with Crippen molar-refractivity contribution in [2.75, 3.05) is 6.79 Å². The predicted octanol–water partition coefficient (Wildman–Crippen LogP) is -1.61. The summed E-state index contributed by atoms with van der Waals surface area (Å²) >= 11 is 0. The molecule has 58 valence electrons. The standard InChI is InChI=1S/C5H8O5/c6-4-2-3(5(7)10-4)9-1-8-2/h2-7H,1H2. The summed E-state index contributed by atoms with van der Waals surface area (Å²) in [5.41, 5.74) is 0. The van der Waals surface area contributed by atoms with Crippen LogP contribution in [0.5, 0.6) is 0 Å². The third-order valence-electron chi connectivity index (χ3n) is 1.69. The van der Waals surface area contributed by atoms with E-state index >= 15 is 0 Å². The van der Waals surface area contributed by atoms with Gasteiger partial charge in [-0.3, -0.25) is 0 Å². The van der Waals surface area contributed by atoms with Crippen LogP contribution < -0.4 is 0 Å². The first-order valence-corrected chi connectivity index (χ1v) is 3.04. The first-order valence-electron chi connectivity index (χ1n) is 3.04. The van der Waals surface area contributed by atoms with E-state index in [0.29, 0.717) is 0 Å². The van der Waals surface area contributed by atoms with Crippen molar-refractivity contribution in [1.82, 2.24) is 0 Å². The molecule has 2 aliphatic heterocycles. The second-order valence-corrected chi connectivity index (χ2v) is 2.30. The number of aliphatic hydroxyl groups is 2. The van der Waals surface area contributed by atoms with Gasteiger partial charge in [-0.25, -0.2) is 0 Å². The molecule has 2 heterocycles. The van der Waals surface area contributed by atoms with E-state index in [9.17, 15) is 0 Å². The summed E-state index contributed by atoms with van der Waals surface area (Å²) in [5.74, 6) is 0. The van der Waals surface area contributed by atoms with E-state index in [1.807, 2.05) is 0 Å². The Kier molecular flexibility index (Phi) is 1.40. The molecule has 0 aromatic carbocycles. The number of rotatable bonds is 0. The molecule has 5 nitrogen and oxygen atoms in total. The normalized spacial score (nSPS) is 53.4. The lowest BCUT2D eigenvalue weighted by Crippen LogP contribution is -2.29. The lowest BCUT2D eigenvalue weighted by molar-refractivity contribution is -0.209. The van der Waals surface area contributed by atoms with Crippen LogP contribution in [0.3, 0.4) is 0 Å². The van der Waals surface area contributed by atoms with Crippen molar-refractivity contribution >= 4 is 0 Å². The van der Waals surface area contributed by atoms with Gasteiger partial charge in [0.05, 0.1) is 0 Å². The lowest BCUT2D eigenvalue weighted by Gasteiger charge is -2.06. The fraction of sp³-hybridized carbons (Fsp3) is 1.00. The molecule has 2 N–H and O–H groups in total. The van der Waals surface area contributed by atoms with Crippen LogP contribution in [-0.4, -0.2) is 41.8 Å². The first kappa shape index (κ1) is 6.51. The van der Waals surface area contributed by atoms with Crippen LogP contribution >= 0.6 is 0 Å². The van der Waals surface area contributed by atoms with Gasteiger partial charge in [0.15, 0.2) is 12.6 Å². The van der Waals surface area contributed by atoms with Crippen molar-refractivity contribution in [3.05, 3.63) is 0 Å². The fourth-order valence-corrected chi connectivity index (χ4v) is 1.17. The summed E-state index contributed by atoms with van der Waals surface area (Å²) in [6, 6.07) is 0. The molecule has 0 aromatic rings. The maximum atomic E-state index is 8.98. The average Bonchev–Trinajstić information content (AvgIpc) is 2.39. The van der Waals surface area contributed by atoms with Crippen molar-refractivity contribution in [3.8, 4) is 0 Å². The molecule has 4 unspecified atom stereocenters. The summed E-state index contributed by atoms with van der Waals surface area (Å²) < 4.78 is 14.4. The Morgan fingerprint density at radius 3 is 2.00 bits per heavy atom. The van der Waals surface area contributed by atoms with Crippen LogP contribution in [0.1, 0.15) is 0 Å². The van der Waals surface area contributed by atoms with E-state index in [1.54, 1.807) is 0 Å². The van der Waals surface area contributed by atoms with Crippen molar-refractivity contribution in [2.24, 2.45) is 0 Å². The minimum Gasteiger partial charge on any atom is -0.366 e. The van der Waals surface area contributed by atoms with Crippen LogP contribution in [0.4, 0.5) is 0 Å². The monoisotopic (exact) mass is 148 g/mol. The van der Waals surface area contributed by atoms with E-state index in [1.165, 1.54) is 0 Å². The molecule has 0 saturated carbocycles. The molecular formula is C5H8O5. The van der Waals surface area contributed by atoms with E-state index in [4.69, 9.17) is 19.7 Å². The summed E-state index contributed by atoms with van der Waals surface area (Å²) in [7, 11) is 0. The van der Waals surface area contributed by atoms with Crippen LogP contribution in [0.2, 0.25) is 0 Å². The lowest BCUT2D eigenvalue weighted by atomic mass is 10.2. The van der Waals surface area contributed by atoms with Crippen molar-refractivity contribution < 1.29 is 24.4 Å². The second kappa shape index (κ2) is 2.14. The molecule has 2 rings (SSSR count). The second-order valence-electron chi connectivity index (χ2n) is 2.30. The van der Waals surface area contributed by atoms with E-state index in [0.717, 1.165) is 0 Å². The van der Waals surface area contributed by atoms with Gasteiger partial charge in [0, 0.05) is 0 Å². The van der Waals surface area contributed by atoms with Gasteiger partial charge < -0.3 is 24.4 Å². The van der Waals surface area contributed by atoms with Crippen LogP contribution in [0.15, 0.2) is 0 Å². The Labute approximate surface area is 57.1 Å². The molecule has 0 aliphatic carbocycles. The molecular weight excluding hydrogens is 140 g/mol. The predicted molar refractivity (Wildman–Crippen MR) is 27.7 cm³/mol. The summed E-state index contributed by atoms with van der Waals surface area (Å²) in [6.45, 7) is 0.118. The Hall–Kier alpha value is -0.200. The zero-order chi connectivity index (χ0) is 7.14. The van der Waals surface area contributed by atoms with Crippen LogP contribution in [0.25, 0.3) is 0 Å². The third kappa shape index (κ3) is 0.759. The molecule has 10 heavy (non-hydrogen) atoms. The van der Waals surface area contributed by atoms with Crippen molar-refractivity contribution in [1.29, 1.82) is 0 Å². The molecule has 2 saturated heterocycles. The molecule has 0 spiro atoms. The van der Waals surface area contributed by atoms with Gasteiger partial charge in [0.25, 0.3) is 0 Å². The zero-order valence-electron chi connectivity index (χ0n) is 5.14. The zero-order valence-corrected chi connectivity index (χ0v) is 5.14. The maximum Gasteiger partial charge on any atom is 0.187 e. The number of hydrogen-bond acceptors (Lipinski definition) is 5. The minimum absolute atomic E-state index is 0.118. The average molecular weight is 148 g/mol. The first-order chi connectivity index (χ1) is 4.79. The Bertz CT molecular complexity index is 124. The maximum absolute atomic E-state index is 8.98. The molecule has 5 heteroatoms. The quantitative estimate of drug-likeness (QED) is 0.433. The molecule has 2 aliphatic rings. The van der Waals surface area contributed by atoms with Gasteiger partial charge in [-0.05, 0) is 0 Å². The minimum atomic E-state index is -1.05. The Balaban J connectivity index is 2.11.